The third-order valence-corrected chi connectivity index (χ3v) is 6.03. The molecule has 164 valence electrons. The highest BCUT2D eigenvalue weighted by Gasteiger charge is 2.35. The molecule has 4 rings (SSSR count). The van der Waals surface area contributed by atoms with E-state index in [2.05, 4.69) is 12.1 Å². The first-order valence-corrected chi connectivity index (χ1v) is 10.8. The van der Waals surface area contributed by atoms with Crippen LogP contribution >= 0.6 is 0 Å². The largest absolute Gasteiger partial charge is 0.340 e. The number of carbonyl (C=O) groups excluding carboxylic acids is 2. The lowest BCUT2D eigenvalue weighted by Crippen LogP contribution is -2.46. The van der Waals surface area contributed by atoms with Gasteiger partial charge in [0, 0.05) is 30.9 Å². The third-order valence-electron chi connectivity index (χ3n) is 6.03. The maximum atomic E-state index is 13.5. The summed E-state index contributed by atoms with van der Waals surface area (Å²) in [6.45, 7) is 1.07. The molecule has 2 heterocycles. The molecule has 1 aromatic heterocycles. The molecule has 2 aromatic carbocycles. The molecule has 0 radical (unpaired) electrons. The van der Waals surface area contributed by atoms with Crippen molar-refractivity contribution in [2.24, 2.45) is 5.92 Å². The summed E-state index contributed by atoms with van der Waals surface area (Å²) in [7, 11) is 0. The molecular weight excluding hydrogens is 407 g/mol. The van der Waals surface area contributed by atoms with Gasteiger partial charge in [0.15, 0.2) is 11.8 Å². The van der Waals surface area contributed by atoms with Crippen LogP contribution < -0.4 is 5.56 Å². The number of benzene rings is 2. The highest BCUT2D eigenvalue weighted by Crippen LogP contribution is 2.25. The summed E-state index contributed by atoms with van der Waals surface area (Å²) in [5.41, 5.74) is 1.04. The van der Waals surface area contributed by atoms with Gasteiger partial charge in [-0.05, 0) is 61.1 Å². The Hall–Kier alpha value is -3.54. The fourth-order valence-electron chi connectivity index (χ4n) is 4.26. The minimum Gasteiger partial charge on any atom is -0.340 e. The summed E-state index contributed by atoms with van der Waals surface area (Å²) in [6, 6.07) is 18.5. The van der Waals surface area contributed by atoms with Crippen LogP contribution in [-0.2, 0) is 11.2 Å². The summed E-state index contributed by atoms with van der Waals surface area (Å²) < 4.78 is 14.5. The van der Waals surface area contributed by atoms with Crippen molar-refractivity contribution in [3.63, 3.8) is 0 Å². The lowest BCUT2D eigenvalue weighted by atomic mass is 9.89. The van der Waals surface area contributed by atoms with Crippen molar-refractivity contribution in [1.29, 1.82) is 0 Å². The summed E-state index contributed by atoms with van der Waals surface area (Å²) in [4.78, 5) is 40.9. The number of rotatable bonds is 6. The van der Waals surface area contributed by atoms with Gasteiger partial charge >= 0.3 is 0 Å². The van der Waals surface area contributed by atoms with Crippen molar-refractivity contribution in [1.82, 2.24) is 9.47 Å². The normalized spacial score (nSPS) is 15.3. The smallest absolute Gasteiger partial charge is 0.253 e. The van der Waals surface area contributed by atoms with Gasteiger partial charge < -0.3 is 4.90 Å². The summed E-state index contributed by atoms with van der Waals surface area (Å²) in [5.74, 6) is -0.922. The van der Waals surface area contributed by atoms with E-state index in [0.29, 0.717) is 19.0 Å². The first kappa shape index (κ1) is 21.7. The fourth-order valence-corrected chi connectivity index (χ4v) is 4.26. The molecule has 1 atom stereocenters. The van der Waals surface area contributed by atoms with Crippen molar-refractivity contribution in [2.75, 3.05) is 13.1 Å². The quantitative estimate of drug-likeness (QED) is 0.439. The average Bonchev–Trinajstić information content (AvgIpc) is 2.82. The number of ketones is 1. The van der Waals surface area contributed by atoms with Crippen LogP contribution in [0.4, 0.5) is 4.39 Å². The Kier molecular flexibility index (Phi) is 6.59. The van der Waals surface area contributed by atoms with E-state index in [1.165, 1.54) is 46.7 Å². The van der Waals surface area contributed by atoms with Crippen LogP contribution in [0.1, 0.15) is 34.8 Å². The van der Waals surface area contributed by atoms with Gasteiger partial charge in [-0.25, -0.2) is 4.39 Å². The molecule has 1 amide bonds. The number of halogens is 1. The molecule has 0 saturated carbocycles. The van der Waals surface area contributed by atoms with Crippen LogP contribution in [0.2, 0.25) is 0 Å². The molecule has 1 aliphatic rings. The molecular formula is C26H25FN2O3. The summed E-state index contributed by atoms with van der Waals surface area (Å²) in [6.07, 6.45) is 4.08. The molecule has 1 fully saturated rings. The van der Waals surface area contributed by atoms with E-state index in [-0.39, 0.29) is 5.56 Å². The standard InChI is InChI=1S/C26H25FN2O3/c27-22-11-9-21(10-12-22)25(31)24(29-15-5-4-8-23(29)30)26(32)28-16-13-20(14-17-28)18-19-6-2-1-3-7-19/h1-12,15,20,24H,13-14,16-18H2. The zero-order valence-electron chi connectivity index (χ0n) is 17.7. The number of hydrogen-bond acceptors (Lipinski definition) is 3. The number of hydrogen-bond donors (Lipinski definition) is 0. The SMILES string of the molecule is O=C(c1ccc(F)cc1)C(C(=O)N1CCC(Cc2ccccc2)CC1)n1ccccc1=O. The fraction of sp³-hybridized carbons (Fsp3) is 0.269. The Morgan fingerprint density at radius 3 is 2.22 bits per heavy atom. The van der Waals surface area contributed by atoms with Crippen LogP contribution in [0.3, 0.4) is 0 Å². The van der Waals surface area contributed by atoms with Crippen LogP contribution in [0, 0.1) is 11.7 Å². The minimum atomic E-state index is -1.31. The van der Waals surface area contributed by atoms with Crippen molar-refractivity contribution in [3.05, 3.63) is 106 Å². The first-order valence-electron chi connectivity index (χ1n) is 10.8. The van der Waals surface area contributed by atoms with Gasteiger partial charge in [-0.3, -0.25) is 19.0 Å². The number of piperidine rings is 1. The molecule has 0 N–H and O–H groups in total. The molecule has 1 unspecified atom stereocenters. The Balaban J connectivity index is 1.53. The second-order valence-corrected chi connectivity index (χ2v) is 8.18. The molecule has 0 bridgehead atoms. The van der Waals surface area contributed by atoms with Gasteiger partial charge in [0.25, 0.3) is 11.5 Å². The topological polar surface area (TPSA) is 59.4 Å². The maximum absolute atomic E-state index is 13.5. The molecule has 5 nitrogen and oxygen atoms in total. The molecule has 32 heavy (non-hydrogen) atoms. The van der Waals surface area contributed by atoms with Crippen LogP contribution in [0.5, 0.6) is 0 Å². The van der Waals surface area contributed by atoms with Gasteiger partial charge in [0.1, 0.15) is 5.82 Å². The second-order valence-electron chi connectivity index (χ2n) is 8.18. The molecule has 1 saturated heterocycles. The highest BCUT2D eigenvalue weighted by atomic mass is 19.1. The van der Waals surface area contributed by atoms with Crippen LogP contribution in [0.15, 0.2) is 83.8 Å². The molecule has 0 spiro atoms. The van der Waals surface area contributed by atoms with Gasteiger partial charge in [-0.15, -0.1) is 0 Å². The van der Waals surface area contributed by atoms with E-state index < -0.39 is 29.1 Å². The Labute approximate surface area is 186 Å². The molecule has 3 aromatic rings. The van der Waals surface area contributed by atoms with E-state index in [4.69, 9.17) is 0 Å². The van der Waals surface area contributed by atoms with Crippen LogP contribution in [0.25, 0.3) is 0 Å². The van der Waals surface area contributed by atoms with E-state index in [1.54, 1.807) is 17.0 Å². The number of Topliss-reactive ketones (excluding diaryl/α,β-unsaturated/α-hetero) is 1. The Morgan fingerprint density at radius 2 is 1.56 bits per heavy atom. The number of likely N-dealkylation sites (tertiary alicyclic amines) is 1. The lowest BCUT2D eigenvalue weighted by Gasteiger charge is -2.34. The monoisotopic (exact) mass is 432 g/mol. The van der Waals surface area contributed by atoms with Gasteiger partial charge in [-0.2, -0.15) is 0 Å². The molecule has 6 heteroatoms. The molecule has 0 aliphatic carbocycles. The number of amides is 1. The van der Waals surface area contributed by atoms with E-state index >= 15 is 0 Å². The number of nitrogens with zero attached hydrogens (tertiary/aromatic N) is 2. The predicted octanol–water partition coefficient (Wildman–Crippen LogP) is 3.89. The third kappa shape index (κ3) is 4.85. The summed E-state index contributed by atoms with van der Waals surface area (Å²) >= 11 is 0. The summed E-state index contributed by atoms with van der Waals surface area (Å²) in [5, 5.41) is 0. The lowest BCUT2D eigenvalue weighted by molar-refractivity contribution is -0.134. The Morgan fingerprint density at radius 1 is 0.906 bits per heavy atom. The van der Waals surface area contributed by atoms with Crippen molar-refractivity contribution in [3.8, 4) is 0 Å². The van der Waals surface area contributed by atoms with E-state index in [0.717, 1.165) is 19.3 Å². The second kappa shape index (κ2) is 9.73. The Bertz CT molecular complexity index is 1130. The predicted molar refractivity (Wildman–Crippen MR) is 120 cm³/mol. The number of carbonyl (C=O) groups is 2. The zero-order valence-corrected chi connectivity index (χ0v) is 17.7. The minimum absolute atomic E-state index is 0.194. The molecule has 1 aliphatic heterocycles. The first-order chi connectivity index (χ1) is 15.5. The van der Waals surface area contributed by atoms with Crippen molar-refractivity contribution in [2.45, 2.75) is 25.3 Å². The van der Waals surface area contributed by atoms with Crippen molar-refractivity contribution < 1.29 is 14.0 Å². The maximum Gasteiger partial charge on any atom is 0.253 e. The van der Waals surface area contributed by atoms with Gasteiger partial charge in [-0.1, -0.05) is 36.4 Å². The van der Waals surface area contributed by atoms with Crippen molar-refractivity contribution >= 4 is 11.7 Å². The van der Waals surface area contributed by atoms with Gasteiger partial charge in [0.2, 0.25) is 0 Å². The number of pyridine rings is 1. The number of aromatic nitrogens is 1. The van der Waals surface area contributed by atoms with E-state index in [1.807, 2.05) is 18.2 Å². The highest BCUT2D eigenvalue weighted by molar-refractivity contribution is 6.11. The zero-order chi connectivity index (χ0) is 22.5. The van der Waals surface area contributed by atoms with E-state index in [9.17, 15) is 18.8 Å². The van der Waals surface area contributed by atoms with Gasteiger partial charge in [0.05, 0.1) is 0 Å². The average molecular weight is 432 g/mol. The van der Waals surface area contributed by atoms with Crippen LogP contribution in [-0.4, -0.2) is 34.2 Å².